The maximum Gasteiger partial charge on any atom is 0.343 e. The number of esters is 3. The van der Waals surface area contributed by atoms with Crippen LogP contribution < -0.4 is 4.74 Å². The molecular weight excluding hydrogens is 516 g/mol. The van der Waals surface area contributed by atoms with E-state index >= 15 is 0 Å². The molecule has 1 aliphatic carbocycles. The van der Waals surface area contributed by atoms with Crippen LogP contribution >= 0.6 is 0 Å². The minimum Gasteiger partial charge on any atom is -0.455 e. The molecule has 0 amide bonds. The number of allylic oxidation sites excluding steroid dienone is 2. The smallest absolute Gasteiger partial charge is 0.343 e. The average Bonchev–Trinajstić information content (AvgIpc) is 3.00. The molecule has 0 spiro atoms. The first kappa shape index (κ1) is 29.3. The molecule has 41 heavy (non-hydrogen) atoms. The fourth-order valence-electron chi connectivity index (χ4n) is 4.76. The van der Waals surface area contributed by atoms with Crippen molar-refractivity contribution in [3.8, 4) is 5.75 Å². The number of hydrogen-bond acceptors (Lipinski definition) is 6. The molecular formula is C35H34O6. The number of carbonyl (C=O) groups is 3. The third-order valence-corrected chi connectivity index (χ3v) is 7.04. The van der Waals surface area contributed by atoms with Crippen LogP contribution in [0.15, 0.2) is 98.1 Å². The Kier molecular flexibility index (Phi) is 9.69. The maximum atomic E-state index is 12.8. The van der Waals surface area contributed by atoms with Gasteiger partial charge in [0.15, 0.2) is 0 Å². The number of hydrogen-bond donors (Lipinski definition) is 0. The Morgan fingerprint density at radius 1 is 0.854 bits per heavy atom. The molecule has 0 aliphatic heterocycles. The predicted molar refractivity (Wildman–Crippen MR) is 158 cm³/mol. The van der Waals surface area contributed by atoms with Gasteiger partial charge in [0.1, 0.15) is 18.0 Å². The molecule has 0 saturated heterocycles. The first-order chi connectivity index (χ1) is 19.8. The standard InChI is InChI=1S/C35H34O6/c1-5-8-32(41-34(37)7-3)26-13-11-25(12-14-26)28-17-18-30-22-31(20-19-29(30)21-28)40-35(38)27-15-9-24(10-16-27)23(4)39-33(36)6-2/h6-7,9-17,19-20,22-23,32H,2-3,5,8,18,21H2,1,4H3. The van der Waals surface area contributed by atoms with Crippen LogP contribution in [0.2, 0.25) is 0 Å². The quantitative estimate of drug-likeness (QED) is 0.140. The van der Waals surface area contributed by atoms with Crippen molar-refractivity contribution >= 4 is 23.5 Å². The Morgan fingerprint density at radius 3 is 2.17 bits per heavy atom. The highest BCUT2D eigenvalue weighted by atomic mass is 16.5. The average molecular weight is 551 g/mol. The van der Waals surface area contributed by atoms with Gasteiger partial charge < -0.3 is 14.2 Å². The molecule has 2 unspecified atom stereocenters. The van der Waals surface area contributed by atoms with E-state index in [0.717, 1.165) is 54.0 Å². The minimum absolute atomic E-state index is 0.287. The second kappa shape index (κ2) is 13.6. The minimum atomic E-state index is -0.502. The summed E-state index contributed by atoms with van der Waals surface area (Å²) in [6.45, 7) is 10.7. The Balaban J connectivity index is 1.39. The summed E-state index contributed by atoms with van der Waals surface area (Å²) in [5.41, 5.74) is 6.77. The SMILES string of the molecule is C=CC(=O)OC(C)c1ccc(C(=O)Oc2ccc3c(c2)CC=C(c2ccc(C(CCC)OC(=O)C=C)cc2)C3)cc1. The van der Waals surface area contributed by atoms with Gasteiger partial charge in [0.2, 0.25) is 0 Å². The molecule has 4 rings (SSSR count). The van der Waals surface area contributed by atoms with Gasteiger partial charge in [0.05, 0.1) is 5.56 Å². The Bertz CT molecular complexity index is 1460. The van der Waals surface area contributed by atoms with E-state index in [4.69, 9.17) is 14.2 Å². The first-order valence-corrected chi connectivity index (χ1v) is 13.7. The van der Waals surface area contributed by atoms with Crippen molar-refractivity contribution in [1.82, 2.24) is 0 Å². The fraction of sp³-hybridized carbons (Fsp3) is 0.229. The van der Waals surface area contributed by atoms with E-state index in [9.17, 15) is 14.4 Å². The summed E-state index contributed by atoms with van der Waals surface area (Å²) in [5.74, 6) is -0.888. The third-order valence-electron chi connectivity index (χ3n) is 7.04. The molecule has 1 aliphatic rings. The van der Waals surface area contributed by atoms with Crippen LogP contribution in [0.5, 0.6) is 5.75 Å². The van der Waals surface area contributed by atoms with Crippen LogP contribution in [0.4, 0.5) is 0 Å². The molecule has 3 aromatic rings. The number of fused-ring (bicyclic) bond motifs is 1. The number of benzene rings is 3. The molecule has 6 nitrogen and oxygen atoms in total. The summed E-state index contributed by atoms with van der Waals surface area (Å²) in [6.07, 6.45) is 6.90. The summed E-state index contributed by atoms with van der Waals surface area (Å²) in [5, 5.41) is 0. The second-order valence-corrected chi connectivity index (χ2v) is 9.88. The van der Waals surface area contributed by atoms with Gasteiger partial charge in [0.25, 0.3) is 0 Å². The third kappa shape index (κ3) is 7.48. The molecule has 0 N–H and O–H groups in total. The number of carbonyl (C=O) groups excluding carboxylic acids is 3. The van der Waals surface area contributed by atoms with Gasteiger partial charge in [-0.3, -0.25) is 0 Å². The van der Waals surface area contributed by atoms with Crippen LogP contribution in [0, 0.1) is 0 Å². The Labute approximate surface area is 241 Å². The van der Waals surface area contributed by atoms with Crippen molar-refractivity contribution in [2.24, 2.45) is 0 Å². The van der Waals surface area contributed by atoms with Crippen molar-refractivity contribution in [2.75, 3.05) is 0 Å². The van der Waals surface area contributed by atoms with Gasteiger partial charge in [0, 0.05) is 12.2 Å². The Morgan fingerprint density at radius 2 is 1.51 bits per heavy atom. The largest absolute Gasteiger partial charge is 0.455 e. The van der Waals surface area contributed by atoms with Gasteiger partial charge in [-0.1, -0.05) is 75.0 Å². The summed E-state index contributed by atoms with van der Waals surface area (Å²) >= 11 is 0. The van der Waals surface area contributed by atoms with Crippen LogP contribution in [-0.2, 0) is 31.9 Å². The van der Waals surface area contributed by atoms with Crippen molar-refractivity contribution in [3.63, 3.8) is 0 Å². The number of rotatable bonds is 11. The zero-order valence-corrected chi connectivity index (χ0v) is 23.4. The molecule has 3 aromatic carbocycles. The van der Waals surface area contributed by atoms with E-state index < -0.39 is 24.0 Å². The molecule has 0 fully saturated rings. The zero-order chi connectivity index (χ0) is 29.4. The highest BCUT2D eigenvalue weighted by Gasteiger charge is 2.18. The van der Waals surface area contributed by atoms with Gasteiger partial charge in [-0.15, -0.1) is 0 Å². The van der Waals surface area contributed by atoms with Crippen LogP contribution in [0.3, 0.4) is 0 Å². The van der Waals surface area contributed by atoms with Gasteiger partial charge in [-0.2, -0.15) is 0 Å². The van der Waals surface area contributed by atoms with Gasteiger partial charge in [-0.05, 0) is 83.8 Å². The van der Waals surface area contributed by atoms with Crippen molar-refractivity contribution in [1.29, 1.82) is 0 Å². The Hall–Kier alpha value is -4.71. The monoisotopic (exact) mass is 550 g/mol. The van der Waals surface area contributed by atoms with Crippen LogP contribution in [0.25, 0.3) is 5.57 Å². The molecule has 6 heteroatoms. The van der Waals surface area contributed by atoms with Crippen LogP contribution in [-0.4, -0.2) is 17.9 Å². The summed E-state index contributed by atoms with van der Waals surface area (Å²) in [4.78, 5) is 35.9. The molecule has 0 aromatic heterocycles. The van der Waals surface area contributed by atoms with E-state index in [0.29, 0.717) is 11.3 Å². The van der Waals surface area contributed by atoms with E-state index in [2.05, 4.69) is 38.3 Å². The number of ether oxygens (including phenoxy) is 3. The summed E-state index contributed by atoms with van der Waals surface area (Å²) < 4.78 is 16.4. The lowest BCUT2D eigenvalue weighted by atomic mass is 9.87. The van der Waals surface area contributed by atoms with Crippen molar-refractivity contribution < 1.29 is 28.6 Å². The highest BCUT2D eigenvalue weighted by molar-refractivity contribution is 5.91. The van der Waals surface area contributed by atoms with Crippen LogP contribution in [0.1, 0.15) is 77.1 Å². The lowest BCUT2D eigenvalue weighted by Gasteiger charge is -2.20. The molecule has 0 radical (unpaired) electrons. The molecule has 0 bridgehead atoms. The van der Waals surface area contributed by atoms with Crippen molar-refractivity contribution in [2.45, 2.75) is 51.7 Å². The predicted octanol–water partition coefficient (Wildman–Crippen LogP) is 7.45. The first-order valence-electron chi connectivity index (χ1n) is 13.7. The zero-order valence-electron chi connectivity index (χ0n) is 23.4. The second-order valence-electron chi connectivity index (χ2n) is 9.88. The van der Waals surface area contributed by atoms with E-state index in [1.165, 1.54) is 17.2 Å². The summed E-state index contributed by atoms with van der Waals surface area (Å²) in [6, 6.07) is 20.7. The lowest BCUT2D eigenvalue weighted by molar-refractivity contribution is -0.144. The molecule has 0 saturated carbocycles. The van der Waals surface area contributed by atoms with E-state index in [-0.39, 0.29) is 6.10 Å². The van der Waals surface area contributed by atoms with Gasteiger partial charge >= 0.3 is 17.9 Å². The lowest BCUT2D eigenvalue weighted by Crippen LogP contribution is -2.11. The normalized spacial score (nSPS) is 13.6. The molecule has 2 atom stereocenters. The summed E-state index contributed by atoms with van der Waals surface area (Å²) in [7, 11) is 0. The van der Waals surface area contributed by atoms with E-state index in [1.54, 1.807) is 31.2 Å². The maximum absolute atomic E-state index is 12.8. The molecule has 210 valence electrons. The topological polar surface area (TPSA) is 78.9 Å². The van der Waals surface area contributed by atoms with E-state index in [1.807, 2.05) is 30.3 Å². The molecule has 0 heterocycles. The fourth-order valence-corrected chi connectivity index (χ4v) is 4.76. The van der Waals surface area contributed by atoms with Gasteiger partial charge in [-0.25, -0.2) is 14.4 Å². The highest BCUT2D eigenvalue weighted by Crippen LogP contribution is 2.32. The van der Waals surface area contributed by atoms with Crippen molar-refractivity contribution in [3.05, 3.63) is 131 Å².